The third-order valence-corrected chi connectivity index (χ3v) is 5.46. The van der Waals surface area contributed by atoms with E-state index in [1.165, 1.54) is 16.9 Å². The van der Waals surface area contributed by atoms with Crippen LogP contribution in [0, 0.1) is 5.92 Å². The van der Waals surface area contributed by atoms with Crippen molar-refractivity contribution in [1.29, 1.82) is 0 Å². The van der Waals surface area contributed by atoms with Gasteiger partial charge in [0.1, 0.15) is 5.00 Å². The lowest BCUT2D eigenvalue weighted by atomic mass is 10.0. The molecule has 1 rings (SSSR count). The number of thiophene rings is 1. The predicted octanol–water partition coefficient (Wildman–Crippen LogP) is 5.76. The van der Waals surface area contributed by atoms with Gasteiger partial charge in [0.15, 0.2) is 0 Å². The third kappa shape index (κ3) is 6.65. The highest BCUT2D eigenvalue weighted by molar-refractivity contribution is 7.16. The van der Waals surface area contributed by atoms with Gasteiger partial charge in [0, 0.05) is 10.8 Å². The maximum atomic E-state index is 12.2. The number of esters is 1. The van der Waals surface area contributed by atoms with Gasteiger partial charge in [-0.05, 0) is 52.0 Å². The standard InChI is InChI=1S/C20H31NO3S/c1-7-14(5)18(22)21-19-16(20(23)24-8-2)12-17(25-19)15(6)11-9-10-13(3)4/h10,12,14-15H,7-9,11H2,1-6H3,(H,21,22)/t14-,15-/m0/s1. The van der Waals surface area contributed by atoms with E-state index in [0.717, 1.165) is 24.1 Å². The highest BCUT2D eigenvalue weighted by Gasteiger charge is 2.22. The molecule has 0 spiro atoms. The van der Waals surface area contributed by atoms with Crippen molar-refractivity contribution in [3.05, 3.63) is 28.2 Å². The van der Waals surface area contributed by atoms with Crippen LogP contribution >= 0.6 is 11.3 Å². The average Bonchev–Trinajstić information content (AvgIpc) is 2.97. The molecule has 0 bridgehead atoms. The van der Waals surface area contributed by atoms with Crippen LogP contribution in [0.3, 0.4) is 0 Å². The number of hydrogen-bond acceptors (Lipinski definition) is 4. The third-order valence-electron chi connectivity index (χ3n) is 4.18. The molecule has 5 heteroatoms. The van der Waals surface area contributed by atoms with Crippen LogP contribution in [-0.4, -0.2) is 18.5 Å². The van der Waals surface area contributed by atoms with Crippen LogP contribution in [0.2, 0.25) is 0 Å². The number of ether oxygens (including phenoxy) is 1. The van der Waals surface area contributed by atoms with E-state index >= 15 is 0 Å². The Morgan fingerprint density at radius 3 is 2.52 bits per heavy atom. The number of rotatable bonds is 9. The first kappa shape index (κ1) is 21.4. The highest BCUT2D eigenvalue weighted by atomic mass is 32.1. The maximum absolute atomic E-state index is 12.2. The van der Waals surface area contributed by atoms with Gasteiger partial charge in [0.2, 0.25) is 5.91 Å². The fourth-order valence-corrected chi connectivity index (χ4v) is 3.43. The van der Waals surface area contributed by atoms with Gasteiger partial charge in [-0.3, -0.25) is 4.79 Å². The molecule has 0 unspecified atom stereocenters. The number of anilines is 1. The SMILES string of the molecule is CCOC(=O)c1cc([C@@H](C)CCC=C(C)C)sc1NC(=O)[C@@H](C)CC. The van der Waals surface area contributed by atoms with Crippen LogP contribution in [0.4, 0.5) is 5.00 Å². The van der Waals surface area contributed by atoms with Gasteiger partial charge in [0.25, 0.3) is 0 Å². The molecule has 4 nitrogen and oxygen atoms in total. The van der Waals surface area contributed by atoms with E-state index in [9.17, 15) is 9.59 Å². The molecule has 1 heterocycles. The Balaban J connectivity index is 3.00. The molecule has 140 valence electrons. The molecule has 0 aliphatic rings. The number of hydrogen-bond donors (Lipinski definition) is 1. The second-order valence-electron chi connectivity index (χ2n) is 6.67. The van der Waals surface area contributed by atoms with Crippen LogP contribution in [0.15, 0.2) is 17.7 Å². The number of carbonyl (C=O) groups excluding carboxylic acids is 2. The number of carbonyl (C=O) groups is 2. The molecular weight excluding hydrogens is 334 g/mol. The average molecular weight is 366 g/mol. The smallest absolute Gasteiger partial charge is 0.341 e. The van der Waals surface area contributed by atoms with E-state index in [2.05, 4.69) is 32.2 Å². The second-order valence-corrected chi connectivity index (χ2v) is 7.75. The Kier molecular flexibility index (Phi) is 8.90. The van der Waals surface area contributed by atoms with Crippen LogP contribution in [0.5, 0.6) is 0 Å². The largest absolute Gasteiger partial charge is 0.462 e. The fourth-order valence-electron chi connectivity index (χ4n) is 2.29. The molecule has 0 aliphatic heterocycles. The summed E-state index contributed by atoms with van der Waals surface area (Å²) >= 11 is 1.48. The molecule has 0 saturated carbocycles. The van der Waals surface area contributed by atoms with Crippen LogP contribution in [-0.2, 0) is 9.53 Å². The van der Waals surface area contributed by atoms with E-state index in [1.54, 1.807) is 6.92 Å². The highest BCUT2D eigenvalue weighted by Crippen LogP contribution is 2.35. The summed E-state index contributed by atoms with van der Waals surface area (Å²) in [6, 6.07) is 1.88. The fraction of sp³-hybridized carbons (Fsp3) is 0.600. The second kappa shape index (κ2) is 10.4. The predicted molar refractivity (Wildman–Crippen MR) is 105 cm³/mol. The van der Waals surface area contributed by atoms with Crippen molar-refractivity contribution >= 4 is 28.2 Å². The molecule has 1 N–H and O–H groups in total. The van der Waals surface area contributed by atoms with Gasteiger partial charge in [0.05, 0.1) is 12.2 Å². The lowest BCUT2D eigenvalue weighted by Gasteiger charge is -2.10. The van der Waals surface area contributed by atoms with Crippen molar-refractivity contribution in [2.75, 3.05) is 11.9 Å². The summed E-state index contributed by atoms with van der Waals surface area (Å²) in [6.45, 7) is 12.3. The van der Waals surface area contributed by atoms with Gasteiger partial charge in [-0.2, -0.15) is 0 Å². The lowest BCUT2D eigenvalue weighted by Crippen LogP contribution is -2.20. The van der Waals surface area contributed by atoms with E-state index in [-0.39, 0.29) is 17.8 Å². The first-order chi connectivity index (χ1) is 11.8. The van der Waals surface area contributed by atoms with E-state index in [4.69, 9.17) is 4.74 Å². The first-order valence-electron chi connectivity index (χ1n) is 9.05. The zero-order valence-corrected chi connectivity index (χ0v) is 17.1. The molecule has 0 radical (unpaired) electrons. The summed E-state index contributed by atoms with van der Waals surface area (Å²) in [5.41, 5.74) is 1.78. The van der Waals surface area contributed by atoms with Crippen molar-refractivity contribution in [1.82, 2.24) is 0 Å². The normalized spacial score (nSPS) is 13.0. The summed E-state index contributed by atoms with van der Waals surface area (Å²) < 4.78 is 5.15. The minimum Gasteiger partial charge on any atom is -0.462 e. The van der Waals surface area contributed by atoms with E-state index in [0.29, 0.717) is 23.1 Å². The van der Waals surface area contributed by atoms with Gasteiger partial charge in [-0.15, -0.1) is 11.3 Å². The summed E-state index contributed by atoms with van der Waals surface area (Å²) in [4.78, 5) is 25.6. The lowest BCUT2D eigenvalue weighted by molar-refractivity contribution is -0.119. The minimum atomic E-state index is -0.374. The van der Waals surface area contributed by atoms with Gasteiger partial charge >= 0.3 is 5.97 Å². The summed E-state index contributed by atoms with van der Waals surface area (Å²) in [7, 11) is 0. The first-order valence-corrected chi connectivity index (χ1v) is 9.86. The summed E-state index contributed by atoms with van der Waals surface area (Å²) in [6.07, 6.45) is 5.00. The molecule has 0 saturated heterocycles. The molecule has 1 aromatic rings. The zero-order valence-electron chi connectivity index (χ0n) is 16.3. The van der Waals surface area contributed by atoms with Crippen LogP contribution in [0.25, 0.3) is 0 Å². The van der Waals surface area contributed by atoms with Crippen molar-refractivity contribution < 1.29 is 14.3 Å². The summed E-state index contributed by atoms with van der Waals surface area (Å²) in [5, 5.41) is 3.52. The Hall–Kier alpha value is -1.62. The molecule has 0 aliphatic carbocycles. The van der Waals surface area contributed by atoms with Crippen molar-refractivity contribution in [2.24, 2.45) is 5.92 Å². The van der Waals surface area contributed by atoms with Gasteiger partial charge < -0.3 is 10.1 Å². The van der Waals surface area contributed by atoms with Crippen molar-refractivity contribution in [3.63, 3.8) is 0 Å². The van der Waals surface area contributed by atoms with Crippen molar-refractivity contribution in [3.8, 4) is 0 Å². The minimum absolute atomic E-state index is 0.0568. The Morgan fingerprint density at radius 2 is 1.96 bits per heavy atom. The van der Waals surface area contributed by atoms with Crippen LogP contribution in [0.1, 0.15) is 82.0 Å². The zero-order chi connectivity index (χ0) is 19.0. The summed E-state index contributed by atoms with van der Waals surface area (Å²) in [5.74, 6) is -0.196. The van der Waals surface area contributed by atoms with Gasteiger partial charge in [-0.25, -0.2) is 4.79 Å². The molecule has 0 fully saturated rings. The Bertz CT molecular complexity index is 614. The molecule has 1 aromatic heterocycles. The van der Waals surface area contributed by atoms with Crippen molar-refractivity contribution in [2.45, 2.75) is 66.7 Å². The topological polar surface area (TPSA) is 55.4 Å². The number of nitrogens with one attached hydrogen (secondary N) is 1. The van der Waals surface area contributed by atoms with Crippen LogP contribution < -0.4 is 5.32 Å². The van der Waals surface area contributed by atoms with E-state index in [1.807, 2.05) is 19.9 Å². The quantitative estimate of drug-likeness (QED) is 0.447. The number of amides is 1. The van der Waals surface area contributed by atoms with Gasteiger partial charge in [-0.1, -0.05) is 32.4 Å². The monoisotopic (exact) mass is 365 g/mol. The Morgan fingerprint density at radius 1 is 1.28 bits per heavy atom. The Labute approximate surface area is 155 Å². The molecule has 25 heavy (non-hydrogen) atoms. The molecule has 2 atom stereocenters. The molecule has 1 amide bonds. The maximum Gasteiger partial charge on any atom is 0.341 e. The molecule has 0 aromatic carbocycles. The molecular formula is C20H31NO3S. The van der Waals surface area contributed by atoms with E-state index < -0.39 is 0 Å². The number of allylic oxidation sites excluding steroid dienone is 2.